The summed E-state index contributed by atoms with van der Waals surface area (Å²) in [5, 5.41) is 1.00. The lowest BCUT2D eigenvalue weighted by Crippen LogP contribution is -2.35. The fraction of sp³-hybridized carbons (Fsp3) is 0.727. The molecule has 0 unspecified atom stereocenters. The van der Waals surface area contributed by atoms with Gasteiger partial charge in [0.05, 0.1) is 5.38 Å². The van der Waals surface area contributed by atoms with Crippen molar-refractivity contribution in [2.75, 3.05) is 0 Å². The maximum Gasteiger partial charge on any atom is 0.202 e. The predicted octanol–water partition coefficient (Wildman–Crippen LogP) is 2.66. The van der Waals surface area contributed by atoms with Crippen molar-refractivity contribution in [3.63, 3.8) is 0 Å². The molecule has 78 valence electrons. The molecular weight excluding hydrogens is 192 g/mol. The average molecular weight is 210 g/mol. The van der Waals surface area contributed by atoms with E-state index in [1.807, 2.05) is 0 Å². The summed E-state index contributed by atoms with van der Waals surface area (Å²) in [7, 11) is -1.44. The Labute approximate surface area is 86.3 Å². The Morgan fingerprint density at radius 1 is 1.29 bits per heavy atom. The SMILES string of the molecule is C[Si](C)(C)C1=CC(=O)C2(CCCC2)O1. The van der Waals surface area contributed by atoms with Gasteiger partial charge in [-0.1, -0.05) is 19.6 Å². The highest BCUT2D eigenvalue weighted by Gasteiger charge is 2.48. The molecule has 1 saturated carbocycles. The van der Waals surface area contributed by atoms with Gasteiger partial charge < -0.3 is 4.74 Å². The predicted molar refractivity (Wildman–Crippen MR) is 58.7 cm³/mol. The van der Waals surface area contributed by atoms with Crippen LogP contribution < -0.4 is 0 Å². The Morgan fingerprint density at radius 3 is 2.29 bits per heavy atom. The van der Waals surface area contributed by atoms with Crippen LogP contribution in [0.1, 0.15) is 25.7 Å². The normalized spacial score (nSPS) is 25.4. The lowest BCUT2D eigenvalue weighted by molar-refractivity contribution is -0.129. The molecule has 0 aromatic heterocycles. The smallest absolute Gasteiger partial charge is 0.202 e. The minimum atomic E-state index is -1.44. The summed E-state index contributed by atoms with van der Waals surface area (Å²) >= 11 is 0. The summed E-state index contributed by atoms with van der Waals surface area (Å²) in [6.07, 6.45) is 5.90. The van der Waals surface area contributed by atoms with Crippen molar-refractivity contribution < 1.29 is 9.53 Å². The van der Waals surface area contributed by atoms with Crippen LogP contribution in [0.5, 0.6) is 0 Å². The number of carbonyl (C=O) groups excluding carboxylic acids is 1. The van der Waals surface area contributed by atoms with Crippen molar-refractivity contribution in [3.05, 3.63) is 11.5 Å². The second kappa shape index (κ2) is 2.96. The number of hydrogen-bond acceptors (Lipinski definition) is 2. The van der Waals surface area contributed by atoms with Gasteiger partial charge in [0.2, 0.25) is 5.78 Å². The molecule has 0 aromatic rings. The first-order chi connectivity index (χ1) is 6.44. The van der Waals surface area contributed by atoms with Crippen molar-refractivity contribution in [1.82, 2.24) is 0 Å². The van der Waals surface area contributed by atoms with E-state index in [9.17, 15) is 4.79 Å². The first kappa shape index (κ1) is 9.96. The van der Waals surface area contributed by atoms with Crippen LogP contribution in [0.25, 0.3) is 0 Å². The molecule has 0 atom stereocenters. The molecule has 14 heavy (non-hydrogen) atoms. The van der Waals surface area contributed by atoms with E-state index in [0.717, 1.165) is 31.1 Å². The van der Waals surface area contributed by atoms with E-state index >= 15 is 0 Å². The minimum Gasteiger partial charge on any atom is -0.488 e. The molecule has 2 rings (SSSR count). The molecule has 1 spiro atoms. The minimum absolute atomic E-state index is 0.229. The summed E-state index contributed by atoms with van der Waals surface area (Å²) in [6, 6.07) is 0. The number of ketones is 1. The first-order valence-electron chi connectivity index (χ1n) is 5.40. The first-order valence-corrected chi connectivity index (χ1v) is 8.90. The van der Waals surface area contributed by atoms with E-state index < -0.39 is 13.7 Å². The quantitative estimate of drug-likeness (QED) is 0.622. The Hall–Kier alpha value is -0.573. The summed E-state index contributed by atoms with van der Waals surface area (Å²) in [6.45, 7) is 6.67. The molecule has 0 saturated heterocycles. The summed E-state index contributed by atoms with van der Waals surface area (Å²) in [4.78, 5) is 11.9. The van der Waals surface area contributed by atoms with Gasteiger partial charge >= 0.3 is 0 Å². The van der Waals surface area contributed by atoms with Crippen LogP contribution in [0.15, 0.2) is 11.5 Å². The molecule has 2 aliphatic rings. The number of hydrogen-bond donors (Lipinski definition) is 0. The van der Waals surface area contributed by atoms with Gasteiger partial charge in [0.25, 0.3) is 0 Å². The zero-order valence-electron chi connectivity index (χ0n) is 9.22. The van der Waals surface area contributed by atoms with Crippen molar-refractivity contribution in [3.8, 4) is 0 Å². The number of rotatable bonds is 1. The standard InChI is InChI=1S/C11H18O2Si/c1-14(2,3)10-8-9(12)11(13-10)6-4-5-7-11/h8H,4-7H2,1-3H3. The number of ether oxygens (including phenoxy) is 1. The highest BCUT2D eigenvalue weighted by Crippen LogP contribution is 2.41. The molecular formula is C11H18O2Si. The van der Waals surface area contributed by atoms with Gasteiger partial charge in [-0.25, -0.2) is 0 Å². The summed E-state index contributed by atoms with van der Waals surface area (Å²) in [5.74, 6) is 0.229. The van der Waals surface area contributed by atoms with Crippen molar-refractivity contribution >= 4 is 13.9 Å². The van der Waals surface area contributed by atoms with E-state index in [2.05, 4.69) is 19.6 Å². The highest BCUT2D eigenvalue weighted by molar-refractivity contribution is 6.82. The third-order valence-corrected chi connectivity index (χ3v) is 4.89. The van der Waals surface area contributed by atoms with E-state index in [1.54, 1.807) is 6.08 Å². The molecule has 0 aromatic carbocycles. The molecule has 0 N–H and O–H groups in total. The molecule has 0 bridgehead atoms. The third-order valence-electron chi connectivity index (χ3n) is 3.17. The van der Waals surface area contributed by atoms with E-state index in [4.69, 9.17) is 4.74 Å². The average Bonchev–Trinajstić information content (AvgIpc) is 2.62. The monoisotopic (exact) mass is 210 g/mol. The van der Waals surface area contributed by atoms with E-state index in [-0.39, 0.29) is 5.78 Å². The maximum atomic E-state index is 11.9. The zero-order valence-corrected chi connectivity index (χ0v) is 10.2. The Bertz CT molecular complexity index is 293. The van der Waals surface area contributed by atoms with Crippen molar-refractivity contribution in [1.29, 1.82) is 0 Å². The van der Waals surface area contributed by atoms with Crippen LogP contribution in [0.4, 0.5) is 0 Å². The fourth-order valence-electron chi connectivity index (χ4n) is 2.21. The molecule has 1 fully saturated rings. The Kier molecular flexibility index (Phi) is 2.10. The highest BCUT2D eigenvalue weighted by atomic mass is 28.3. The Balaban J connectivity index is 2.22. The van der Waals surface area contributed by atoms with Gasteiger partial charge in [-0.05, 0) is 25.7 Å². The van der Waals surface area contributed by atoms with Gasteiger partial charge in [-0.2, -0.15) is 0 Å². The van der Waals surface area contributed by atoms with Crippen LogP contribution in [-0.2, 0) is 9.53 Å². The van der Waals surface area contributed by atoms with Crippen molar-refractivity contribution in [2.24, 2.45) is 0 Å². The lowest BCUT2D eigenvalue weighted by atomic mass is 9.98. The van der Waals surface area contributed by atoms with E-state index in [0.29, 0.717) is 0 Å². The van der Waals surface area contributed by atoms with Crippen molar-refractivity contribution in [2.45, 2.75) is 50.9 Å². The fourth-order valence-corrected chi connectivity index (χ4v) is 3.27. The summed E-state index contributed by atoms with van der Waals surface area (Å²) < 4.78 is 5.96. The molecule has 1 aliphatic carbocycles. The molecule has 3 heteroatoms. The maximum absolute atomic E-state index is 11.9. The molecule has 0 amide bonds. The molecule has 1 heterocycles. The van der Waals surface area contributed by atoms with Gasteiger partial charge in [0.15, 0.2) is 5.60 Å². The molecule has 1 aliphatic heterocycles. The van der Waals surface area contributed by atoms with Crippen LogP contribution in [-0.4, -0.2) is 19.5 Å². The van der Waals surface area contributed by atoms with Crippen LogP contribution >= 0.6 is 0 Å². The summed E-state index contributed by atoms with van der Waals surface area (Å²) in [5.41, 5.74) is -0.421. The van der Waals surface area contributed by atoms with E-state index in [1.165, 1.54) is 0 Å². The number of carbonyl (C=O) groups is 1. The van der Waals surface area contributed by atoms with Crippen LogP contribution in [0, 0.1) is 0 Å². The van der Waals surface area contributed by atoms with Gasteiger partial charge in [-0.3, -0.25) is 4.79 Å². The molecule has 0 radical (unpaired) electrons. The van der Waals surface area contributed by atoms with Gasteiger partial charge in [0.1, 0.15) is 8.07 Å². The molecule has 2 nitrogen and oxygen atoms in total. The second-order valence-electron chi connectivity index (χ2n) is 5.43. The second-order valence-corrected chi connectivity index (χ2v) is 10.4. The van der Waals surface area contributed by atoms with Gasteiger partial charge in [0, 0.05) is 6.08 Å². The third kappa shape index (κ3) is 1.43. The zero-order chi connectivity index (χ0) is 10.4. The largest absolute Gasteiger partial charge is 0.488 e. The lowest BCUT2D eigenvalue weighted by Gasteiger charge is -2.26. The topological polar surface area (TPSA) is 26.3 Å². The Morgan fingerprint density at radius 2 is 1.86 bits per heavy atom. The van der Waals surface area contributed by atoms with Crippen LogP contribution in [0.3, 0.4) is 0 Å². The van der Waals surface area contributed by atoms with Gasteiger partial charge in [-0.15, -0.1) is 0 Å². The van der Waals surface area contributed by atoms with Crippen LogP contribution in [0.2, 0.25) is 19.6 Å².